The number of amides is 4. The van der Waals surface area contributed by atoms with Gasteiger partial charge in [0.2, 0.25) is 11.8 Å². The van der Waals surface area contributed by atoms with Crippen molar-refractivity contribution in [3.8, 4) is 11.5 Å². The number of hydrogen-bond acceptors (Lipinski definition) is 9. The van der Waals surface area contributed by atoms with Crippen molar-refractivity contribution in [3.63, 3.8) is 0 Å². The fourth-order valence-electron chi connectivity index (χ4n) is 8.95. The van der Waals surface area contributed by atoms with Gasteiger partial charge < -0.3 is 45.3 Å². The van der Waals surface area contributed by atoms with Gasteiger partial charge in [0.15, 0.2) is 0 Å². The van der Waals surface area contributed by atoms with E-state index >= 15 is 0 Å². The lowest BCUT2D eigenvalue weighted by Crippen LogP contribution is -2.44. The van der Waals surface area contributed by atoms with Crippen molar-refractivity contribution in [1.82, 2.24) is 15.5 Å². The van der Waals surface area contributed by atoms with E-state index in [4.69, 9.17) is 50.0 Å². The Morgan fingerprint density at radius 1 is 0.719 bits per heavy atom. The normalized spacial score (nSPS) is 18.6. The number of piperidine rings is 2. The highest BCUT2D eigenvalue weighted by Gasteiger charge is 2.34. The first-order valence-electron chi connectivity index (χ1n) is 23.3. The summed E-state index contributed by atoms with van der Waals surface area (Å²) in [4.78, 5) is 52.3. The highest BCUT2D eigenvalue weighted by molar-refractivity contribution is 6.66. The highest BCUT2D eigenvalue weighted by atomic mass is 35.6. The van der Waals surface area contributed by atoms with Crippen molar-refractivity contribution in [2.24, 2.45) is 5.73 Å². The van der Waals surface area contributed by atoms with Crippen LogP contribution in [0.15, 0.2) is 24.3 Å². The number of carbonyl (C=O) groups is 4. The Labute approximate surface area is 397 Å². The zero-order valence-corrected chi connectivity index (χ0v) is 42.0. The largest absolute Gasteiger partial charge is 0.493 e. The number of urea groups is 1. The molecule has 2 saturated heterocycles. The average Bonchev–Trinajstić information content (AvgIpc) is 3.24. The summed E-state index contributed by atoms with van der Waals surface area (Å²) >= 11 is 15.0. The highest BCUT2D eigenvalue weighted by Crippen LogP contribution is 2.45. The minimum absolute atomic E-state index is 0.0323. The lowest BCUT2D eigenvalue weighted by Gasteiger charge is -2.37. The number of carbonyl (C=O) groups excluding carboxylic acids is 4. The molecule has 2 fully saturated rings. The number of esters is 1. The van der Waals surface area contributed by atoms with Crippen LogP contribution in [0.4, 0.5) is 16.2 Å². The molecule has 0 spiro atoms. The number of likely N-dealkylation sites (tertiary alicyclic amines) is 1. The third kappa shape index (κ3) is 15.8. The van der Waals surface area contributed by atoms with E-state index in [9.17, 15) is 19.2 Å². The number of rotatable bonds is 9. The predicted octanol–water partition coefficient (Wildman–Crippen LogP) is 9.54. The van der Waals surface area contributed by atoms with E-state index in [1.165, 1.54) is 22.3 Å². The summed E-state index contributed by atoms with van der Waals surface area (Å²) in [5, 5.41) is 6.34. The van der Waals surface area contributed by atoms with E-state index in [1.807, 2.05) is 28.5 Å². The molecule has 0 saturated carbocycles. The van der Waals surface area contributed by atoms with Crippen LogP contribution < -0.4 is 35.6 Å². The minimum Gasteiger partial charge on any atom is -0.493 e. The second kappa shape index (κ2) is 27.2. The van der Waals surface area contributed by atoms with Crippen molar-refractivity contribution in [1.29, 1.82) is 0 Å². The molecular formula is C48H75Cl3N6O7. The number of ether oxygens (including phenoxy) is 3. The van der Waals surface area contributed by atoms with E-state index in [0.717, 1.165) is 133 Å². The topological polar surface area (TPSA) is 156 Å². The summed E-state index contributed by atoms with van der Waals surface area (Å²) in [6.07, 6.45) is 10.0. The lowest BCUT2D eigenvalue weighted by atomic mass is 9.85. The first kappa shape index (κ1) is 54.8. The number of nitrogens with zero attached hydrogens (tertiary/aromatic N) is 3. The molecule has 2 atom stereocenters. The molecule has 4 N–H and O–H groups in total. The van der Waals surface area contributed by atoms with Gasteiger partial charge in [-0.05, 0) is 175 Å². The summed E-state index contributed by atoms with van der Waals surface area (Å²) in [5.41, 5.74) is 11.9. The SMILES string of the molecule is CC(=O)OC(Cl)(Cl)Cl.CCCOc1c(C2CCN(C(=O)NCC)CC2)ccc2c1CC[C@H](C)N2C(C)=O.CCCOc1c(C2CCNCC2)ccc2c1CC[C@H](C)N2C(C)=O.CCN. The summed E-state index contributed by atoms with van der Waals surface area (Å²) in [6, 6.07) is 9.14. The van der Waals surface area contributed by atoms with Gasteiger partial charge in [0.1, 0.15) is 11.5 Å². The maximum Gasteiger partial charge on any atom is 0.340 e. The van der Waals surface area contributed by atoms with Crippen LogP contribution in [0.3, 0.4) is 0 Å². The molecule has 2 aromatic carbocycles. The lowest BCUT2D eigenvalue weighted by molar-refractivity contribution is -0.141. The fraction of sp³-hybridized carbons (Fsp3) is 0.667. The molecule has 64 heavy (non-hydrogen) atoms. The molecule has 4 aliphatic heterocycles. The molecule has 4 aliphatic rings. The first-order chi connectivity index (χ1) is 30.4. The van der Waals surface area contributed by atoms with Crippen molar-refractivity contribution in [3.05, 3.63) is 46.5 Å². The number of fused-ring (bicyclic) bond motifs is 2. The van der Waals surface area contributed by atoms with E-state index in [2.05, 4.69) is 67.3 Å². The monoisotopic (exact) mass is 952 g/mol. The number of benzene rings is 2. The van der Waals surface area contributed by atoms with Gasteiger partial charge in [0, 0.05) is 63.6 Å². The molecular weight excluding hydrogens is 879 g/mol. The van der Waals surface area contributed by atoms with Crippen LogP contribution >= 0.6 is 34.8 Å². The fourth-order valence-corrected chi connectivity index (χ4v) is 9.28. The third-order valence-electron chi connectivity index (χ3n) is 11.7. The summed E-state index contributed by atoms with van der Waals surface area (Å²) in [6.45, 7) is 23.3. The number of nitrogens with one attached hydrogen (secondary N) is 2. The molecule has 16 heteroatoms. The smallest absolute Gasteiger partial charge is 0.340 e. The molecule has 4 heterocycles. The Kier molecular flexibility index (Phi) is 23.3. The van der Waals surface area contributed by atoms with Gasteiger partial charge in [0.25, 0.3) is 0 Å². The van der Waals surface area contributed by atoms with Crippen LogP contribution in [0.5, 0.6) is 11.5 Å². The number of alkyl halides is 3. The Morgan fingerprint density at radius 2 is 1.14 bits per heavy atom. The van der Waals surface area contributed by atoms with Gasteiger partial charge in [-0.15, -0.1) is 0 Å². The van der Waals surface area contributed by atoms with Crippen molar-refractivity contribution in [2.45, 2.75) is 154 Å². The number of anilines is 2. The van der Waals surface area contributed by atoms with E-state index in [0.29, 0.717) is 25.0 Å². The van der Waals surface area contributed by atoms with E-state index in [-0.39, 0.29) is 29.9 Å². The van der Waals surface area contributed by atoms with Crippen molar-refractivity contribution >= 4 is 70.0 Å². The zero-order valence-electron chi connectivity index (χ0n) is 39.8. The Hall–Kier alpha value is -3.49. The van der Waals surface area contributed by atoms with Crippen molar-refractivity contribution in [2.75, 3.05) is 62.3 Å². The summed E-state index contributed by atoms with van der Waals surface area (Å²) in [5.74, 6) is 2.59. The van der Waals surface area contributed by atoms with Gasteiger partial charge >= 0.3 is 16.0 Å². The standard InChI is InChI=1S/C23H35N3O3.C20H30N2O2.C3H3Cl3O2.C2H7N/c1-5-15-29-22-19(18-11-13-25(14-12-18)23(28)24-6-2)9-10-21-20(22)8-7-16(3)26(21)17(4)27;1-4-13-24-20-17(16-9-11-21-12-10-16)7-8-19-18(20)6-5-14(2)22(19)15(3)23;1-2(7)8-3(4,5)6;1-2-3/h9-10,16,18H,5-8,11-15H2,1-4H3,(H,24,28);7-8,14,16,21H,4-6,9-13H2,1-3H3;1H3;2-3H2,1H3/t16-;14-;;/m00../s1. The van der Waals surface area contributed by atoms with Gasteiger partial charge in [0.05, 0.1) is 24.6 Å². The molecule has 0 aliphatic carbocycles. The number of nitrogens with two attached hydrogens (primary N) is 1. The molecule has 4 amide bonds. The van der Waals surface area contributed by atoms with Crippen LogP contribution in [0.1, 0.15) is 148 Å². The molecule has 360 valence electrons. The number of hydrogen-bond donors (Lipinski definition) is 3. The predicted molar refractivity (Wildman–Crippen MR) is 261 cm³/mol. The summed E-state index contributed by atoms with van der Waals surface area (Å²) < 4.78 is 14.7. The first-order valence-corrected chi connectivity index (χ1v) is 24.4. The molecule has 6 rings (SSSR count). The molecule has 0 unspecified atom stereocenters. The quantitative estimate of drug-likeness (QED) is 0.165. The third-order valence-corrected chi connectivity index (χ3v) is 12.0. The average molecular weight is 955 g/mol. The minimum atomic E-state index is -1.91. The van der Waals surface area contributed by atoms with Crippen molar-refractivity contribution < 1.29 is 33.4 Å². The summed E-state index contributed by atoms with van der Waals surface area (Å²) in [7, 11) is 0. The van der Waals surface area contributed by atoms with Gasteiger partial charge in [-0.2, -0.15) is 0 Å². The van der Waals surface area contributed by atoms with Crippen LogP contribution in [-0.2, 0) is 32.0 Å². The van der Waals surface area contributed by atoms with Gasteiger partial charge in [-0.3, -0.25) is 14.4 Å². The molecule has 0 aromatic heterocycles. The van der Waals surface area contributed by atoms with E-state index < -0.39 is 9.95 Å². The van der Waals surface area contributed by atoms with Crippen LogP contribution in [0.25, 0.3) is 0 Å². The van der Waals surface area contributed by atoms with Gasteiger partial charge in [-0.1, -0.05) is 32.9 Å². The maximum atomic E-state index is 12.3. The van der Waals surface area contributed by atoms with Crippen LogP contribution in [-0.4, -0.2) is 97.3 Å². The second-order valence-corrected chi connectivity index (χ2v) is 19.0. The molecule has 13 nitrogen and oxygen atoms in total. The Balaban J connectivity index is 0.000000279. The van der Waals surface area contributed by atoms with Crippen LogP contribution in [0, 0.1) is 0 Å². The Morgan fingerprint density at radius 3 is 1.48 bits per heavy atom. The zero-order chi connectivity index (χ0) is 47.6. The number of halogens is 3. The Bertz CT molecular complexity index is 1810. The maximum absolute atomic E-state index is 12.3. The molecule has 2 aromatic rings. The molecule has 0 radical (unpaired) electrons. The second-order valence-electron chi connectivity index (χ2n) is 16.8. The van der Waals surface area contributed by atoms with Crippen LogP contribution in [0.2, 0.25) is 0 Å². The van der Waals surface area contributed by atoms with E-state index in [1.54, 1.807) is 13.8 Å². The van der Waals surface area contributed by atoms with Gasteiger partial charge in [-0.25, -0.2) is 4.79 Å². The molecule has 0 bridgehead atoms.